The first-order chi connectivity index (χ1) is 30.5. The van der Waals surface area contributed by atoms with Crippen molar-refractivity contribution < 1.29 is 34.4 Å². The van der Waals surface area contributed by atoms with Crippen LogP contribution in [0.1, 0.15) is 21.7 Å². The molecule has 0 spiro atoms. The van der Waals surface area contributed by atoms with Crippen LogP contribution in [-0.2, 0) is 21.0 Å². The van der Waals surface area contributed by atoms with Crippen LogP contribution in [0.4, 0.5) is 5.69 Å². The number of carboxylic acids is 2. The number of aromatic nitrogens is 8. The van der Waals surface area contributed by atoms with E-state index in [2.05, 4.69) is 57.8 Å². The number of carboxylic acid groups (broad SMARTS) is 2. The van der Waals surface area contributed by atoms with Gasteiger partial charge >= 0.3 is 17.6 Å². The Kier molecular flexibility index (Phi) is 12.3. The summed E-state index contributed by atoms with van der Waals surface area (Å²) in [5, 5.41) is 37.7. The van der Waals surface area contributed by atoms with Crippen molar-refractivity contribution in [2.75, 3.05) is 18.6 Å². The van der Waals surface area contributed by atoms with Gasteiger partial charge in [-0.05, 0) is 99.6 Å². The van der Waals surface area contributed by atoms with E-state index in [1.165, 1.54) is 7.11 Å². The Morgan fingerprint density at radius 1 is 0.651 bits per heavy atom. The van der Waals surface area contributed by atoms with E-state index in [0.29, 0.717) is 44.2 Å². The SMILES string of the molecule is CO[N+](=O)c1cc(-c2ccc(C(=O)NCc3ccc4ccc(-c5cc(-c6cnc(C)nc6)cc(-c6nc(SCC(=O)O)n[nH]6)c5)cc4c3)cc2)cc(-c2nc(SCC(=O)O)n[nH]2)c1. The lowest BCUT2D eigenvalue weighted by atomic mass is 9.95. The second-order valence-electron chi connectivity index (χ2n) is 14.0. The van der Waals surface area contributed by atoms with Crippen LogP contribution in [0.3, 0.4) is 0 Å². The number of rotatable bonds is 16. The molecule has 5 aromatic carbocycles. The zero-order valence-corrected chi connectivity index (χ0v) is 35.0. The van der Waals surface area contributed by atoms with E-state index in [1.807, 2.05) is 49.4 Å². The van der Waals surface area contributed by atoms with Gasteiger partial charge in [0.2, 0.25) is 10.3 Å². The highest BCUT2D eigenvalue weighted by atomic mass is 32.2. The van der Waals surface area contributed by atoms with Gasteiger partial charge in [-0.1, -0.05) is 59.9 Å². The van der Waals surface area contributed by atoms with E-state index in [0.717, 1.165) is 73.2 Å². The minimum Gasteiger partial charge on any atom is -0.481 e. The molecule has 0 unspecified atom stereocenters. The molecule has 3 heterocycles. The van der Waals surface area contributed by atoms with Crippen molar-refractivity contribution in [2.24, 2.45) is 0 Å². The molecule has 0 saturated carbocycles. The van der Waals surface area contributed by atoms with Crippen molar-refractivity contribution in [1.82, 2.24) is 45.6 Å². The number of aryl methyl sites for hydroxylation is 1. The number of H-pyrrole nitrogens is 2. The van der Waals surface area contributed by atoms with Crippen LogP contribution in [-0.4, -0.2) is 91.9 Å². The molecule has 0 radical (unpaired) electrons. The van der Waals surface area contributed by atoms with Crippen molar-refractivity contribution in [3.8, 4) is 56.2 Å². The summed E-state index contributed by atoms with van der Waals surface area (Å²) in [6.07, 6.45) is 3.53. The number of hydrogen-bond acceptors (Lipinski definition) is 13. The monoisotopic (exact) mass is 879 g/mol. The molecule has 0 aliphatic carbocycles. The summed E-state index contributed by atoms with van der Waals surface area (Å²) in [4.78, 5) is 70.9. The Bertz CT molecular complexity index is 3030. The number of fused-ring (bicyclic) bond motifs is 1. The van der Waals surface area contributed by atoms with E-state index >= 15 is 0 Å². The zero-order valence-electron chi connectivity index (χ0n) is 33.4. The number of amides is 1. The first-order valence-corrected chi connectivity index (χ1v) is 21.0. The number of benzene rings is 5. The van der Waals surface area contributed by atoms with Crippen LogP contribution in [0.5, 0.6) is 0 Å². The lowest BCUT2D eigenvalue weighted by molar-refractivity contribution is -0.736. The van der Waals surface area contributed by atoms with Crippen LogP contribution in [0, 0.1) is 11.8 Å². The maximum atomic E-state index is 13.4. The molecular formula is C44H35N10O7S2+. The minimum atomic E-state index is -0.999. The molecular weight excluding hydrogens is 845 g/mol. The summed E-state index contributed by atoms with van der Waals surface area (Å²) < 4.78 is 0. The number of hydrogen-bond donors (Lipinski definition) is 5. The Balaban J connectivity index is 1.00. The normalized spacial score (nSPS) is 11.1. The zero-order chi connectivity index (χ0) is 44.0. The molecule has 0 fully saturated rings. The molecule has 0 atom stereocenters. The van der Waals surface area contributed by atoms with Crippen LogP contribution in [0.25, 0.3) is 66.9 Å². The smallest absolute Gasteiger partial charge is 0.318 e. The van der Waals surface area contributed by atoms with Gasteiger partial charge in [-0.25, -0.2) is 24.8 Å². The summed E-state index contributed by atoms with van der Waals surface area (Å²) >= 11 is 1.99. The van der Waals surface area contributed by atoms with Gasteiger partial charge in [-0.3, -0.25) is 24.6 Å². The number of aliphatic carboxylic acids is 2. The molecule has 8 rings (SSSR count). The van der Waals surface area contributed by atoms with Crippen molar-refractivity contribution in [3.05, 3.63) is 131 Å². The van der Waals surface area contributed by atoms with Crippen LogP contribution < -0.4 is 5.32 Å². The fourth-order valence-electron chi connectivity index (χ4n) is 6.58. The molecule has 8 aromatic rings. The maximum absolute atomic E-state index is 13.4. The predicted octanol–water partition coefficient (Wildman–Crippen LogP) is 7.76. The van der Waals surface area contributed by atoms with Gasteiger partial charge in [0.15, 0.2) is 18.8 Å². The maximum Gasteiger partial charge on any atom is 0.318 e. The highest BCUT2D eigenvalue weighted by Crippen LogP contribution is 2.34. The molecule has 3 aromatic heterocycles. The third kappa shape index (κ3) is 10.1. The Hall–Kier alpha value is -7.77. The van der Waals surface area contributed by atoms with Crippen LogP contribution in [0.15, 0.2) is 120 Å². The molecule has 17 nitrogen and oxygen atoms in total. The average molecular weight is 880 g/mol. The molecule has 5 N–H and O–H groups in total. The van der Waals surface area contributed by atoms with Crippen LogP contribution in [0.2, 0.25) is 0 Å². The van der Waals surface area contributed by atoms with E-state index in [4.69, 9.17) is 15.1 Å². The molecule has 0 aliphatic rings. The number of carbonyl (C=O) groups excluding carboxylic acids is 1. The number of nitrogens with one attached hydrogen (secondary N) is 3. The van der Waals surface area contributed by atoms with E-state index in [1.54, 1.807) is 54.9 Å². The van der Waals surface area contributed by atoms with E-state index < -0.39 is 11.9 Å². The number of carbonyl (C=O) groups is 3. The lowest BCUT2D eigenvalue weighted by Crippen LogP contribution is -2.22. The van der Waals surface area contributed by atoms with E-state index in [-0.39, 0.29) is 34.8 Å². The summed E-state index contributed by atoms with van der Waals surface area (Å²) in [5.41, 5.74) is 7.65. The molecule has 0 bridgehead atoms. The third-order valence-electron chi connectivity index (χ3n) is 9.64. The largest absolute Gasteiger partial charge is 0.481 e. The molecule has 314 valence electrons. The predicted molar refractivity (Wildman–Crippen MR) is 236 cm³/mol. The van der Waals surface area contributed by atoms with Gasteiger partial charge in [0, 0.05) is 53.3 Å². The first kappa shape index (κ1) is 41.9. The second kappa shape index (κ2) is 18.5. The van der Waals surface area contributed by atoms with Gasteiger partial charge < -0.3 is 15.5 Å². The van der Waals surface area contributed by atoms with Gasteiger partial charge in [-0.15, -0.1) is 10.2 Å². The fourth-order valence-corrected chi connectivity index (χ4v) is 7.62. The first-order valence-electron chi connectivity index (χ1n) is 19.0. The van der Waals surface area contributed by atoms with Crippen molar-refractivity contribution in [1.29, 1.82) is 0 Å². The molecule has 63 heavy (non-hydrogen) atoms. The Morgan fingerprint density at radius 3 is 1.81 bits per heavy atom. The summed E-state index contributed by atoms with van der Waals surface area (Å²) in [6, 6.07) is 30.1. The molecule has 1 amide bonds. The van der Waals surface area contributed by atoms with Gasteiger partial charge in [0.1, 0.15) is 5.82 Å². The summed E-state index contributed by atoms with van der Waals surface area (Å²) in [7, 11) is 1.25. The number of aromatic amines is 2. The third-order valence-corrected chi connectivity index (χ3v) is 11.3. The van der Waals surface area contributed by atoms with Crippen molar-refractivity contribution in [2.45, 2.75) is 23.8 Å². The van der Waals surface area contributed by atoms with Crippen LogP contribution >= 0.6 is 23.5 Å². The molecule has 0 aliphatic heterocycles. The second-order valence-corrected chi connectivity index (χ2v) is 15.9. The standard InChI is InChI=1S/C44H34N10O7S2/c1-24-45-20-36(21-46-24)32-13-31(14-34(15-32)40-48-43(52-50-40)62-22-38(55)56)29-10-7-26-4-3-25(11-30(26)12-29)19-47-42(59)28-8-5-27(6-9-28)33-16-35(18-37(17-33)54(60)61-2)41-49-44(53-51-41)63-23-39(57)58/h3-18,20-21H,19,22-23H2,1-2H3,(H4-,47,48,49,50,51,52,53,55,56,57,58,59)/p+1. The minimum absolute atomic E-state index is 0.162. The Labute approximate surface area is 366 Å². The number of nitrogens with zero attached hydrogens (tertiary/aromatic N) is 7. The highest BCUT2D eigenvalue weighted by molar-refractivity contribution is 8.00. The number of thioether (sulfide) groups is 2. The average Bonchev–Trinajstić information content (AvgIpc) is 4.00. The quantitative estimate of drug-likeness (QED) is 0.0460. The van der Waals surface area contributed by atoms with Gasteiger partial charge in [0.05, 0.1) is 16.4 Å². The van der Waals surface area contributed by atoms with Gasteiger partial charge in [-0.2, -0.15) is 0 Å². The fraction of sp³-hybridized carbons (Fsp3) is 0.114. The molecule has 0 saturated heterocycles. The lowest BCUT2D eigenvalue weighted by Gasteiger charge is -2.11. The van der Waals surface area contributed by atoms with Crippen molar-refractivity contribution in [3.63, 3.8) is 0 Å². The van der Waals surface area contributed by atoms with Crippen molar-refractivity contribution >= 4 is 57.8 Å². The molecule has 19 heteroatoms. The van der Waals surface area contributed by atoms with Gasteiger partial charge in [0.25, 0.3) is 10.8 Å². The Morgan fingerprint density at radius 2 is 1.19 bits per heavy atom. The summed E-state index contributed by atoms with van der Waals surface area (Å²) in [5.74, 6) is -1.13. The van der Waals surface area contributed by atoms with E-state index in [9.17, 15) is 19.3 Å². The summed E-state index contributed by atoms with van der Waals surface area (Å²) in [6.45, 7) is 2.09. The topological polar surface area (TPSA) is 242 Å². The highest BCUT2D eigenvalue weighted by Gasteiger charge is 2.21.